The van der Waals surface area contributed by atoms with Crippen LogP contribution in [0.4, 0.5) is 8.78 Å². The molecule has 0 amide bonds. The van der Waals surface area contributed by atoms with Crippen LogP contribution in [0.1, 0.15) is 23.2 Å². The minimum absolute atomic E-state index is 0.0205. The van der Waals surface area contributed by atoms with Gasteiger partial charge in [0.15, 0.2) is 0 Å². The van der Waals surface area contributed by atoms with Crippen LogP contribution in [0.2, 0.25) is 0 Å². The third-order valence-corrected chi connectivity index (χ3v) is 3.95. The summed E-state index contributed by atoms with van der Waals surface area (Å²) in [4.78, 5) is 4.41. The molecule has 1 atom stereocenters. The van der Waals surface area contributed by atoms with Gasteiger partial charge < -0.3 is 5.32 Å². The molecule has 1 heterocycles. The number of benzene rings is 1. The van der Waals surface area contributed by atoms with Crippen molar-refractivity contribution in [3.8, 4) is 0 Å². The molecule has 0 radical (unpaired) electrons. The number of likely N-dealkylation sites (N-methyl/N-ethyl adjacent to an activating group) is 1. The zero-order chi connectivity index (χ0) is 14.5. The van der Waals surface area contributed by atoms with Gasteiger partial charge in [0.2, 0.25) is 0 Å². The monoisotopic (exact) mass is 296 g/mol. The Bertz CT molecular complexity index is 549. The Labute approximate surface area is 121 Å². The molecule has 20 heavy (non-hydrogen) atoms. The molecule has 108 valence electrons. The Balaban J connectivity index is 2.13. The molecule has 0 aliphatic rings. The maximum atomic E-state index is 13.7. The van der Waals surface area contributed by atoms with Gasteiger partial charge in [-0.3, -0.25) is 0 Å². The number of aromatic nitrogens is 1. The van der Waals surface area contributed by atoms with E-state index in [1.165, 1.54) is 18.2 Å². The summed E-state index contributed by atoms with van der Waals surface area (Å²) in [5, 5.41) is 6.28. The lowest BCUT2D eigenvalue weighted by Gasteiger charge is -2.17. The van der Waals surface area contributed by atoms with Crippen LogP contribution in [-0.2, 0) is 12.8 Å². The van der Waals surface area contributed by atoms with E-state index in [1.807, 2.05) is 19.2 Å². The Hall–Kier alpha value is -1.33. The second-order valence-corrected chi connectivity index (χ2v) is 5.78. The van der Waals surface area contributed by atoms with E-state index in [0.717, 1.165) is 17.2 Å². The van der Waals surface area contributed by atoms with E-state index in [-0.39, 0.29) is 11.6 Å². The normalized spacial score (nSPS) is 12.6. The van der Waals surface area contributed by atoms with Gasteiger partial charge in [-0.25, -0.2) is 13.8 Å². The van der Waals surface area contributed by atoms with E-state index in [2.05, 4.69) is 10.3 Å². The largest absolute Gasteiger partial charge is 0.314 e. The predicted octanol–water partition coefficient (Wildman–Crippen LogP) is 3.49. The molecule has 0 saturated carbocycles. The maximum absolute atomic E-state index is 13.7. The molecule has 1 aromatic heterocycles. The van der Waals surface area contributed by atoms with E-state index in [0.29, 0.717) is 12.8 Å². The third-order valence-electron chi connectivity index (χ3n) is 3.13. The number of aryl methyl sites for hydroxylation is 1. The minimum Gasteiger partial charge on any atom is -0.314 e. The molecule has 2 aromatic rings. The average molecular weight is 296 g/mol. The number of hydrogen-bond donors (Lipinski definition) is 1. The topological polar surface area (TPSA) is 24.9 Å². The number of nitrogens with one attached hydrogen (secondary N) is 1. The molecule has 0 aliphatic carbocycles. The molecule has 0 aliphatic heterocycles. The Morgan fingerprint density at radius 3 is 2.50 bits per heavy atom. The standard InChI is InChI=1S/C15H18F2N2S/c1-3-18-11(7-12-9-20-10(2)19-12)8-13-14(16)5-4-6-15(13)17/h4-6,9,11,18H,3,7-8H2,1-2H3. The van der Waals surface area contributed by atoms with Crippen LogP contribution in [0, 0.1) is 18.6 Å². The molecular formula is C15H18F2N2S. The van der Waals surface area contributed by atoms with Gasteiger partial charge >= 0.3 is 0 Å². The highest BCUT2D eigenvalue weighted by Crippen LogP contribution is 2.17. The molecule has 1 aromatic carbocycles. The van der Waals surface area contributed by atoms with E-state index < -0.39 is 11.6 Å². The fraction of sp³-hybridized carbons (Fsp3) is 0.400. The number of nitrogens with zero attached hydrogens (tertiary/aromatic N) is 1. The summed E-state index contributed by atoms with van der Waals surface area (Å²) in [6, 6.07) is 3.97. The second kappa shape index (κ2) is 6.90. The SMILES string of the molecule is CCNC(Cc1csc(C)n1)Cc1c(F)cccc1F. The van der Waals surface area contributed by atoms with Crippen molar-refractivity contribution in [2.24, 2.45) is 0 Å². The molecule has 0 fully saturated rings. The molecule has 2 nitrogen and oxygen atoms in total. The smallest absolute Gasteiger partial charge is 0.129 e. The molecule has 2 rings (SSSR count). The lowest BCUT2D eigenvalue weighted by molar-refractivity contribution is 0.481. The first kappa shape index (κ1) is 15.1. The van der Waals surface area contributed by atoms with E-state index in [9.17, 15) is 8.78 Å². The lowest BCUT2D eigenvalue weighted by Crippen LogP contribution is -2.33. The Kier molecular flexibility index (Phi) is 5.20. The van der Waals surface area contributed by atoms with E-state index in [4.69, 9.17) is 0 Å². The van der Waals surface area contributed by atoms with Crippen LogP contribution in [-0.4, -0.2) is 17.6 Å². The zero-order valence-electron chi connectivity index (χ0n) is 11.6. The van der Waals surface area contributed by atoms with Gasteiger partial charge in [-0.05, 0) is 32.0 Å². The van der Waals surface area contributed by atoms with Gasteiger partial charge in [0.05, 0.1) is 10.7 Å². The predicted molar refractivity (Wildman–Crippen MR) is 78.1 cm³/mol. The number of thiazole rings is 1. The first-order valence-electron chi connectivity index (χ1n) is 6.67. The summed E-state index contributed by atoms with van der Waals surface area (Å²) in [5.41, 5.74) is 1.11. The summed E-state index contributed by atoms with van der Waals surface area (Å²) >= 11 is 1.59. The van der Waals surface area contributed by atoms with Crippen LogP contribution < -0.4 is 5.32 Å². The number of rotatable bonds is 6. The van der Waals surface area contributed by atoms with E-state index >= 15 is 0 Å². The van der Waals surface area contributed by atoms with Crippen molar-refractivity contribution >= 4 is 11.3 Å². The van der Waals surface area contributed by atoms with Crippen LogP contribution >= 0.6 is 11.3 Å². The highest BCUT2D eigenvalue weighted by Gasteiger charge is 2.16. The van der Waals surface area contributed by atoms with Crippen molar-refractivity contribution in [3.63, 3.8) is 0 Å². The molecule has 0 bridgehead atoms. The fourth-order valence-corrected chi connectivity index (χ4v) is 2.86. The summed E-state index contributed by atoms with van der Waals surface area (Å²) in [6.07, 6.45) is 0.995. The summed E-state index contributed by atoms with van der Waals surface area (Å²) < 4.78 is 27.4. The quantitative estimate of drug-likeness (QED) is 0.882. The fourth-order valence-electron chi connectivity index (χ4n) is 2.23. The highest BCUT2D eigenvalue weighted by molar-refractivity contribution is 7.09. The lowest BCUT2D eigenvalue weighted by atomic mass is 10.0. The Morgan fingerprint density at radius 2 is 1.95 bits per heavy atom. The van der Waals surface area contributed by atoms with Gasteiger partial charge in [0.1, 0.15) is 11.6 Å². The average Bonchev–Trinajstić information content (AvgIpc) is 2.80. The number of halogens is 2. The minimum atomic E-state index is -0.484. The Morgan fingerprint density at radius 1 is 1.25 bits per heavy atom. The zero-order valence-corrected chi connectivity index (χ0v) is 12.4. The number of hydrogen-bond acceptors (Lipinski definition) is 3. The molecule has 0 spiro atoms. The first-order valence-corrected chi connectivity index (χ1v) is 7.55. The van der Waals surface area contributed by atoms with Crippen LogP contribution in [0.5, 0.6) is 0 Å². The van der Waals surface area contributed by atoms with Crippen LogP contribution in [0.3, 0.4) is 0 Å². The van der Waals surface area contributed by atoms with Gasteiger partial charge in [-0.15, -0.1) is 11.3 Å². The first-order chi connectivity index (χ1) is 9.60. The van der Waals surface area contributed by atoms with Crippen molar-refractivity contribution in [2.75, 3.05) is 6.54 Å². The second-order valence-electron chi connectivity index (χ2n) is 4.72. The summed E-state index contributed by atoms with van der Waals surface area (Å²) in [7, 11) is 0. The van der Waals surface area contributed by atoms with Crippen LogP contribution in [0.25, 0.3) is 0 Å². The molecule has 0 saturated heterocycles. The van der Waals surface area contributed by atoms with Gasteiger partial charge in [0.25, 0.3) is 0 Å². The molecule has 1 unspecified atom stereocenters. The van der Waals surface area contributed by atoms with Crippen molar-refractivity contribution in [2.45, 2.75) is 32.7 Å². The van der Waals surface area contributed by atoms with Crippen molar-refractivity contribution < 1.29 is 8.78 Å². The van der Waals surface area contributed by atoms with E-state index in [1.54, 1.807) is 11.3 Å². The summed E-state index contributed by atoms with van der Waals surface area (Å²) in [5.74, 6) is -0.968. The van der Waals surface area contributed by atoms with Gasteiger partial charge in [-0.1, -0.05) is 13.0 Å². The van der Waals surface area contributed by atoms with Crippen molar-refractivity contribution in [3.05, 3.63) is 51.5 Å². The van der Waals surface area contributed by atoms with Gasteiger partial charge in [0, 0.05) is 23.4 Å². The maximum Gasteiger partial charge on any atom is 0.129 e. The van der Waals surface area contributed by atoms with Crippen LogP contribution in [0.15, 0.2) is 23.6 Å². The molecule has 1 N–H and O–H groups in total. The molecule has 5 heteroatoms. The molecular weight excluding hydrogens is 278 g/mol. The highest BCUT2D eigenvalue weighted by atomic mass is 32.1. The van der Waals surface area contributed by atoms with Crippen molar-refractivity contribution in [1.29, 1.82) is 0 Å². The van der Waals surface area contributed by atoms with Crippen molar-refractivity contribution in [1.82, 2.24) is 10.3 Å². The van der Waals surface area contributed by atoms with Gasteiger partial charge in [-0.2, -0.15) is 0 Å². The summed E-state index contributed by atoms with van der Waals surface area (Å²) in [6.45, 7) is 4.69. The third kappa shape index (κ3) is 3.84.